The van der Waals surface area contributed by atoms with Gasteiger partial charge in [-0.1, -0.05) is 13.8 Å². The largest absolute Gasteiger partial charge is 0.376 e. The Kier molecular flexibility index (Phi) is 5.89. The molecule has 1 unspecified atom stereocenters. The zero-order valence-corrected chi connectivity index (χ0v) is 13.3. The van der Waals surface area contributed by atoms with Gasteiger partial charge in [-0.3, -0.25) is 0 Å². The first-order valence-electron chi connectivity index (χ1n) is 6.33. The van der Waals surface area contributed by atoms with Gasteiger partial charge in [0, 0.05) is 12.7 Å². The molecule has 108 valence electrons. The lowest BCUT2D eigenvalue weighted by molar-refractivity contribution is -0.0484. The van der Waals surface area contributed by atoms with Gasteiger partial charge in [-0.05, 0) is 48.0 Å². The van der Waals surface area contributed by atoms with E-state index in [1.54, 1.807) is 14.2 Å². The van der Waals surface area contributed by atoms with E-state index in [-0.39, 0.29) is 10.0 Å². The molecular weight excluding hydrogens is 316 g/mol. The molecule has 0 spiro atoms. The molecule has 1 aromatic carbocycles. The summed E-state index contributed by atoms with van der Waals surface area (Å²) in [6, 6.07) is 2.08. The molecule has 1 N–H and O–H groups in total. The Balaban J connectivity index is 3.42. The quantitative estimate of drug-likeness (QED) is 0.787. The summed E-state index contributed by atoms with van der Waals surface area (Å²) >= 11 is 3.10. The second-order valence-corrected chi connectivity index (χ2v) is 5.31. The molecule has 0 bridgehead atoms. The van der Waals surface area contributed by atoms with Crippen molar-refractivity contribution < 1.29 is 13.5 Å². The minimum absolute atomic E-state index is 0.0161. The Morgan fingerprint density at radius 2 is 1.89 bits per heavy atom. The van der Waals surface area contributed by atoms with Crippen molar-refractivity contribution in [3.63, 3.8) is 0 Å². The zero-order valence-electron chi connectivity index (χ0n) is 11.7. The van der Waals surface area contributed by atoms with Crippen LogP contribution in [0.4, 0.5) is 8.78 Å². The van der Waals surface area contributed by atoms with Crippen molar-refractivity contribution in [3.05, 3.63) is 33.8 Å². The van der Waals surface area contributed by atoms with Crippen LogP contribution in [0.15, 0.2) is 16.6 Å². The highest BCUT2D eigenvalue weighted by Crippen LogP contribution is 2.38. The fourth-order valence-corrected chi connectivity index (χ4v) is 2.89. The molecule has 5 heteroatoms. The van der Waals surface area contributed by atoms with Gasteiger partial charge in [-0.25, -0.2) is 8.78 Å². The van der Waals surface area contributed by atoms with Gasteiger partial charge in [-0.15, -0.1) is 0 Å². The molecule has 2 nitrogen and oxygen atoms in total. The van der Waals surface area contributed by atoms with Crippen molar-refractivity contribution in [3.8, 4) is 0 Å². The monoisotopic (exact) mass is 335 g/mol. The standard InChI is InChI=1S/C14H20BrF2NO/c1-5-14(6-2,19-4)13(18-3)11-10(16)8-7-9(15)12(11)17/h7-8,13,18H,5-6H2,1-4H3. The number of ether oxygens (including phenoxy) is 1. The van der Waals surface area contributed by atoms with Crippen LogP contribution < -0.4 is 5.32 Å². The molecule has 0 aliphatic carbocycles. The van der Waals surface area contributed by atoms with Gasteiger partial charge >= 0.3 is 0 Å². The minimum Gasteiger partial charge on any atom is -0.376 e. The molecule has 0 aliphatic rings. The van der Waals surface area contributed by atoms with Gasteiger partial charge < -0.3 is 10.1 Å². The number of rotatable bonds is 6. The molecule has 1 atom stereocenters. The number of halogens is 3. The summed E-state index contributed by atoms with van der Waals surface area (Å²) in [5.41, 5.74) is -0.626. The molecule has 0 saturated carbocycles. The minimum atomic E-state index is -0.642. The number of nitrogens with one attached hydrogen (secondary N) is 1. The molecule has 0 fully saturated rings. The highest BCUT2D eigenvalue weighted by atomic mass is 79.9. The van der Waals surface area contributed by atoms with E-state index in [1.165, 1.54) is 12.1 Å². The maximum atomic E-state index is 14.3. The number of benzene rings is 1. The lowest BCUT2D eigenvalue weighted by Crippen LogP contribution is -2.44. The SMILES string of the molecule is CCC(CC)(OC)C(NC)c1c(F)ccc(Br)c1F. The van der Waals surface area contributed by atoms with E-state index < -0.39 is 23.3 Å². The van der Waals surface area contributed by atoms with E-state index in [9.17, 15) is 8.78 Å². The topological polar surface area (TPSA) is 21.3 Å². The number of methoxy groups -OCH3 is 1. The number of likely N-dealkylation sites (N-methyl/N-ethyl adjacent to an activating group) is 1. The van der Waals surface area contributed by atoms with Crippen molar-refractivity contribution in [1.29, 1.82) is 0 Å². The fraction of sp³-hybridized carbons (Fsp3) is 0.571. The third-order valence-electron chi connectivity index (χ3n) is 3.79. The lowest BCUT2D eigenvalue weighted by atomic mass is 9.83. The molecule has 0 aromatic heterocycles. The van der Waals surface area contributed by atoms with Gasteiger partial charge in [0.2, 0.25) is 0 Å². The molecule has 1 aromatic rings. The molecular formula is C14H20BrF2NO. The lowest BCUT2D eigenvalue weighted by Gasteiger charge is -2.38. The van der Waals surface area contributed by atoms with E-state index in [1.807, 2.05) is 13.8 Å². The highest BCUT2D eigenvalue weighted by molar-refractivity contribution is 9.10. The van der Waals surface area contributed by atoms with Crippen LogP contribution in [0.5, 0.6) is 0 Å². The van der Waals surface area contributed by atoms with E-state index >= 15 is 0 Å². The van der Waals surface area contributed by atoms with Gasteiger partial charge in [-0.2, -0.15) is 0 Å². The summed E-state index contributed by atoms with van der Waals surface area (Å²) in [7, 11) is 3.26. The van der Waals surface area contributed by atoms with E-state index in [4.69, 9.17) is 4.74 Å². The molecule has 0 aliphatic heterocycles. The Morgan fingerprint density at radius 1 is 1.32 bits per heavy atom. The second-order valence-electron chi connectivity index (χ2n) is 4.45. The van der Waals surface area contributed by atoms with Crippen LogP contribution in [0, 0.1) is 11.6 Å². The maximum Gasteiger partial charge on any atom is 0.145 e. The van der Waals surface area contributed by atoms with E-state index in [0.29, 0.717) is 12.8 Å². The van der Waals surface area contributed by atoms with Crippen LogP contribution in [0.25, 0.3) is 0 Å². The van der Waals surface area contributed by atoms with Crippen LogP contribution in [-0.2, 0) is 4.74 Å². The smallest absolute Gasteiger partial charge is 0.145 e. The van der Waals surface area contributed by atoms with Gasteiger partial charge in [0.15, 0.2) is 0 Å². The van der Waals surface area contributed by atoms with Crippen molar-refractivity contribution in [1.82, 2.24) is 5.32 Å². The Labute approximate surface area is 121 Å². The summed E-state index contributed by atoms with van der Waals surface area (Å²) < 4.78 is 34.1. The summed E-state index contributed by atoms with van der Waals surface area (Å²) in [4.78, 5) is 0. The molecule has 0 radical (unpaired) electrons. The van der Waals surface area contributed by atoms with Gasteiger partial charge in [0.1, 0.15) is 11.6 Å². The second kappa shape index (κ2) is 6.77. The van der Waals surface area contributed by atoms with Crippen molar-refractivity contribution in [2.24, 2.45) is 0 Å². The predicted octanol–water partition coefficient (Wildman–Crippen LogP) is 4.19. The molecule has 0 amide bonds. The first kappa shape index (κ1) is 16.5. The summed E-state index contributed by atoms with van der Waals surface area (Å²) in [5, 5.41) is 3.00. The van der Waals surface area contributed by atoms with E-state index in [0.717, 1.165) is 0 Å². The zero-order chi connectivity index (χ0) is 14.6. The predicted molar refractivity (Wildman–Crippen MR) is 76.2 cm³/mol. The van der Waals surface area contributed by atoms with Crippen LogP contribution in [0.2, 0.25) is 0 Å². The first-order valence-corrected chi connectivity index (χ1v) is 7.12. The van der Waals surface area contributed by atoms with E-state index in [2.05, 4.69) is 21.2 Å². The Hall–Kier alpha value is -0.520. The van der Waals surface area contributed by atoms with Crippen LogP contribution in [-0.4, -0.2) is 19.8 Å². The number of hydrogen-bond donors (Lipinski definition) is 1. The van der Waals surface area contributed by atoms with Crippen LogP contribution in [0.3, 0.4) is 0 Å². The van der Waals surface area contributed by atoms with Crippen molar-refractivity contribution >= 4 is 15.9 Å². The molecule has 0 saturated heterocycles. The average molecular weight is 336 g/mol. The third kappa shape index (κ3) is 2.98. The molecule has 0 heterocycles. The summed E-state index contributed by atoms with van der Waals surface area (Å²) in [6.07, 6.45) is 1.30. The Morgan fingerprint density at radius 3 is 2.32 bits per heavy atom. The maximum absolute atomic E-state index is 14.3. The highest BCUT2D eigenvalue weighted by Gasteiger charge is 2.39. The normalized spacial score (nSPS) is 13.6. The third-order valence-corrected chi connectivity index (χ3v) is 4.40. The molecule has 1 rings (SSSR count). The molecule has 19 heavy (non-hydrogen) atoms. The first-order chi connectivity index (χ1) is 8.97. The fourth-order valence-electron chi connectivity index (χ4n) is 2.54. The van der Waals surface area contributed by atoms with Crippen molar-refractivity contribution in [2.75, 3.05) is 14.2 Å². The van der Waals surface area contributed by atoms with Crippen molar-refractivity contribution in [2.45, 2.75) is 38.3 Å². The Bertz CT molecular complexity index is 427. The number of hydrogen-bond acceptors (Lipinski definition) is 2. The summed E-state index contributed by atoms with van der Waals surface area (Å²) in [6.45, 7) is 3.90. The van der Waals surface area contributed by atoms with Crippen LogP contribution in [0.1, 0.15) is 38.3 Å². The van der Waals surface area contributed by atoms with Gasteiger partial charge in [0.25, 0.3) is 0 Å². The van der Waals surface area contributed by atoms with Gasteiger partial charge in [0.05, 0.1) is 16.1 Å². The summed E-state index contributed by atoms with van der Waals surface area (Å²) in [5.74, 6) is -1.15. The van der Waals surface area contributed by atoms with Crippen LogP contribution >= 0.6 is 15.9 Å². The average Bonchev–Trinajstić information content (AvgIpc) is 2.43.